The van der Waals surface area contributed by atoms with Crippen molar-refractivity contribution < 1.29 is 23.9 Å². The molecule has 0 radical (unpaired) electrons. The number of benzene rings is 1. The summed E-state index contributed by atoms with van der Waals surface area (Å²) in [6.45, 7) is 9.26. The average Bonchev–Trinajstić information content (AvgIpc) is 3.13. The topological polar surface area (TPSA) is 129 Å². The summed E-state index contributed by atoms with van der Waals surface area (Å²) < 4.78 is 10.8. The minimum Gasteiger partial charge on any atom is -0.461 e. The first-order chi connectivity index (χ1) is 19.6. The molecule has 3 aliphatic heterocycles. The van der Waals surface area contributed by atoms with Crippen molar-refractivity contribution in [3.05, 3.63) is 35.0 Å². The summed E-state index contributed by atoms with van der Waals surface area (Å²) in [6.07, 6.45) is 7.00. The van der Waals surface area contributed by atoms with Gasteiger partial charge in [0.1, 0.15) is 29.3 Å². The number of anilines is 1. The van der Waals surface area contributed by atoms with Gasteiger partial charge in [-0.15, -0.1) is 11.8 Å². The normalized spacial score (nSPS) is 21.5. The first kappa shape index (κ1) is 29.0. The summed E-state index contributed by atoms with van der Waals surface area (Å²) >= 11 is 1.50. The Balaban J connectivity index is 1.26. The van der Waals surface area contributed by atoms with E-state index in [1.807, 2.05) is 24.5 Å². The quantitative estimate of drug-likeness (QED) is 0.207. The van der Waals surface area contributed by atoms with Gasteiger partial charge in [0.2, 0.25) is 5.95 Å². The summed E-state index contributed by atoms with van der Waals surface area (Å²) in [5.74, 6) is -0.424. The molecule has 1 aromatic carbocycles. The number of nitrogens with zero attached hydrogens (tertiary/aromatic N) is 4. The van der Waals surface area contributed by atoms with Gasteiger partial charge in [0, 0.05) is 31.3 Å². The lowest BCUT2D eigenvalue weighted by molar-refractivity contribution is -0.157. The number of carbonyl (C=O) groups is 3. The van der Waals surface area contributed by atoms with E-state index in [-0.39, 0.29) is 23.6 Å². The first-order valence-corrected chi connectivity index (χ1v) is 15.2. The molecule has 4 heterocycles. The summed E-state index contributed by atoms with van der Waals surface area (Å²) in [7, 11) is 0. The lowest BCUT2D eigenvalue weighted by Gasteiger charge is -2.49. The van der Waals surface area contributed by atoms with Crippen LogP contribution in [0.2, 0.25) is 0 Å². The Hall–Kier alpha value is -3.54. The molecule has 2 aromatic rings. The number of esters is 2. The van der Waals surface area contributed by atoms with Crippen LogP contribution in [-0.4, -0.2) is 86.4 Å². The van der Waals surface area contributed by atoms with Crippen LogP contribution < -0.4 is 5.32 Å². The predicted molar refractivity (Wildman–Crippen MR) is 158 cm³/mol. The molecule has 12 heteroatoms. The number of thioether (sulfide) groups is 1. The summed E-state index contributed by atoms with van der Waals surface area (Å²) in [5, 5.41) is 2.90. The molecular formula is C29H38N6O5S. The summed E-state index contributed by atoms with van der Waals surface area (Å²) in [5.41, 5.74) is 2.67. The number of fused-ring (bicyclic) bond motifs is 2. The van der Waals surface area contributed by atoms with Crippen LogP contribution in [0.4, 0.5) is 5.95 Å². The number of β-lactam (4-membered cyclic amide) rings is 1. The highest BCUT2D eigenvalue weighted by molar-refractivity contribution is 8.00. The van der Waals surface area contributed by atoms with Gasteiger partial charge in [-0.05, 0) is 51.3 Å². The Kier molecular flexibility index (Phi) is 8.58. The number of hydrogen-bond donors (Lipinski definition) is 2. The molecule has 5 rings (SSSR count). The highest BCUT2D eigenvalue weighted by atomic mass is 32.2. The first-order valence-electron chi connectivity index (χ1n) is 14.1. The second-order valence-corrected chi connectivity index (χ2v) is 12.7. The molecule has 2 atom stereocenters. The monoisotopic (exact) mass is 582 g/mol. The van der Waals surface area contributed by atoms with Crippen molar-refractivity contribution in [1.29, 1.82) is 0 Å². The number of aromatic nitrogens is 2. The maximum atomic E-state index is 13.3. The molecule has 220 valence electrons. The molecule has 1 aromatic heterocycles. The van der Waals surface area contributed by atoms with Gasteiger partial charge in [-0.3, -0.25) is 19.5 Å². The van der Waals surface area contributed by atoms with E-state index in [1.54, 1.807) is 20.8 Å². The van der Waals surface area contributed by atoms with E-state index >= 15 is 0 Å². The Morgan fingerprint density at radius 1 is 1.22 bits per heavy atom. The van der Waals surface area contributed by atoms with Crippen molar-refractivity contribution in [2.24, 2.45) is 4.99 Å². The molecule has 0 saturated carbocycles. The number of aromatic amines is 1. The van der Waals surface area contributed by atoms with Gasteiger partial charge >= 0.3 is 11.9 Å². The zero-order chi connectivity index (χ0) is 29.1. The van der Waals surface area contributed by atoms with Gasteiger partial charge in [-0.2, -0.15) is 0 Å². The van der Waals surface area contributed by atoms with Crippen LogP contribution in [-0.2, 0) is 30.4 Å². The number of amides is 1. The van der Waals surface area contributed by atoms with E-state index in [0.717, 1.165) is 29.7 Å². The molecule has 2 N–H and O–H groups in total. The number of rotatable bonds is 8. The van der Waals surface area contributed by atoms with Crippen LogP contribution in [0.1, 0.15) is 58.9 Å². The van der Waals surface area contributed by atoms with Crippen LogP contribution in [0.25, 0.3) is 11.0 Å². The van der Waals surface area contributed by atoms with Crippen molar-refractivity contribution in [3.8, 4) is 0 Å². The smallest absolute Gasteiger partial charge is 0.355 e. The van der Waals surface area contributed by atoms with E-state index in [9.17, 15) is 14.4 Å². The minimum atomic E-state index is -0.742. The minimum absolute atomic E-state index is 0.0700. The second-order valence-electron chi connectivity index (χ2n) is 11.6. The third kappa shape index (κ3) is 6.86. The molecule has 0 bridgehead atoms. The van der Waals surface area contributed by atoms with Gasteiger partial charge in [-0.25, -0.2) is 9.78 Å². The van der Waals surface area contributed by atoms with Crippen LogP contribution >= 0.6 is 11.8 Å². The molecule has 0 aliphatic carbocycles. The average molecular weight is 583 g/mol. The Bertz CT molecular complexity index is 1370. The van der Waals surface area contributed by atoms with Crippen LogP contribution in [0, 0.1) is 0 Å². The fraction of sp³-hybridized carbons (Fsp3) is 0.552. The SMILES string of the molecule is CC(=O)OCC1=C(C(=O)OC(C)(C)C)N2C(=O)C(Nc3nc4ccc(CN=CN5CCCCCC5)cc4[nH]3)[C@H]2SC1. The largest absolute Gasteiger partial charge is 0.461 e. The van der Waals surface area contributed by atoms with E-state index in [0.29, 0.717) is 23.8 Å². The van der Waals surface area contributed by atoms with Crippen LogP contribution in [0.15, 0.2) is 34.5 Å². The molecule has 11 nitrogen and oxygen atoms in total. The number of H-pyrrole nitrogens is 1. The second kappa shape index (κ2) is 12.1. The van der Waals surface area contributed by atoms with E-state index < -0.39 is 23.6 Å². The molecule has 41 heavy (non-hydrogen) atoms. The fourth-order valence-electron chi connectivity index (χ4n) is 5.14. The Morgan fingerprint density at radius 3 is 2.68 bits per heavy atom. The van der Waals surface area contributed by atoms with Gasteiger partial charge < -0.3 is 24.7 Å². The van der Waals surface area contributed by atoms with Gasteiger partial charge in [-0.1, -0.05) is 18.9 Å². The molecule has 0 spiro atoms. The third-order valence-corrected chi connectivity index (χ3v) is 8.43. The van der Waals surface area contributed by atoms with Crippen molar-refractivity contribution in [2.75, 3.05) is 30.8 Å². The zero-order valence-corrected chi connectivity index (χ0v) is 24.9. The van der Waals surface area contributed by atoms with Gasteiger partial charge in [0.15, 0.2) is 0 Å². The maximum absolute atomic E-state index is 13.3. The number of likely N-dealkylation sites (tertiary alicyclic amines) is 1. The Labute approximate surface area is 244 Å². The van der Waals surface area contributed by atoms with Gasteiger partial charge in [0.05, 0.1) is 23.9 Å². The molecule has 1 amide bonds. The third-order valence-electron chi connectivity index (χ3n) is 7.09. The Morgan fingerprint density at radius 2 is 1.98 bits per heavy atom. The highest BCUT2D eigenvalue weighted by Gasteiger charge is 2.54. The molecule has 3 aliphatic rings. The van der Waals surface area contributed by atoms with E-state index in [4.69, 9.17) is 9.47 Å². The summed E-state index contributed by atoms with van der Waals surface area (Å²) in [6, 6.07) is 5.42. The van der Waals surface area contributed by atoms with Gasteiger partial charge in [0.25, 0.3) is 5.91 Å². The van der Waals surface area contributed by atoms with Crippen molar-refractivity contribution >= 4 is 52.9 Å². The number of imidazole rings is 1. The van der Waals surface area contributed by atoms with Crippen LogP contribution in [0.3, 0.4) is 0 Å². The van der Waals surface area contributed by atoms with Crippen molar-refractivity contribution in [3.63, 3.8) is 0 Å². The maximum Gasteiger partial charge on any atom is 0.355 e. The standard InChI is InChI=1S/C29H38N6O5S/c1-18(36)39-15-20-16-41-26-23(25(37)35(26)24(20)27(38)40-29(2,3)4)33-28-31-21-10-9-19(13-22(21)32-28)14-30-17-34-11-7-5-6-8-12-34/h9-10,13,17,23,26H,5-8,11-12,14-16H2,1-4H3,(H2,31,32,33)/t23?,26-/m1/s1. The van der Waals surface area contributed by atoms with Crippen molar-refractivity contribution in [2.45, 2.75) is 76.9 Å². The van der Waals surface area contributed by atoms with Crippen LogP contribution in [0.5, 0.6) is 0 Å². The lowest BCUT2D eigenvalue weighted by atomic mass is 10.0. The molecule has 2 fully saturated rings. The number of ether oxygens (including phenoxy) is 2. The number of nitrogens with one attached hydrogen (secondary N) is 2. The number of hydrogen-bond acceptors (Lipinski definition) is 9. The fourth-order valence-corrected chi connectivity index (χ4v) is 6.47. The molecule has 2 saturated heterocycles. The van der Waals surface area contributed by atoms with Crippen molar-refractivity contribution in [1.82, 2.24) is 19.8 Å². The number of carbonyl (C=O) groups excluding carboxylic acids is 3. The number of aliphatic imine (C=N–C) groups is 1. The highest BCUT2D eigenvalue weighted by Crippen LogP contribution is 2.42. The predicted octanol–water partition coefficient (Wildman–Crippen LogP) is 3.82. The lowest BCUT2D eigenvalue weighted by Crippen LogP contribution is -2.68. The molecule has 1 unspecified atom stereocenters. The summed E-state index contributed by atoms with van der Waals surface area (Å²) in [4.78, 5) is 54.2. The van der Waals surface area contributed by atoms with E-state index in [1.165, 1.54) is 49.3 Å². The molecular weight excluding hydrogens is 544 g/mol. The zero-order valence-electron chi connectivity index (χ0n) is 24.1. The van der Waals surface area contributed by atoms with E-state index in [2.05, 4.69) is 25.2 Å².